The van der Waals surface area contributed by atoms with Crippen LogP contribution in [0.15, 0.2) is 89.4 Å². The summed E-state index contributed by atoms with van der Waals surface area (Å²) < 4.78 is 97.5. The van der Waals surface area contributed by atoms with Gasteiger partial charge in [-0.15, -0.1) is 0 Å². The first-order chi connectivity index (χ1) is 24.0. The van der Waals surface area contributed by atoms with Gasteiger partial charge in [0.15, 0.2) is 12.6 Å². The van der Waals surface area contributed by atoms with E-state index < -0.39 is 29.8 Å². The molecule has 0 heterocycles. The highest BCUT2D eigenvalue weighted by Crippen LogP contribution is 2.33. The van der Waals surface area contributed by atoms with Crippen LogP contribution < -0.4 is 11.1 Å². The van der Waals surface area contributed by atoms with E-state index in [2.05, 4.69) is 34.2 Å². The number of ether oxygens (including phenoxy) is 4. The second-order valence-corrected chi connectivity index (χ2v) is 11.8. The molecule has 4 aromatic carbocycles. The van der Waals surface area contributed by atoms with Crippen LogP contribution in [0.4, 0.5) is 43.4 Å². The highest BCUT2D eigenvalue weighted by atomic mass is 79.9. The molecular weight excluding hydrogens is 742 g/mol. The lowest BCUT2D eigenvalue weighted by atomic mass is 10.1. The summed E-state index contributed by atoms with van der Waals surface area (Å²) in [5, 5.41) is 3.01. The number of alkyl halides is 6. The lowest BCUT2D eigenvalue weighted by Gasteiger charge is -2.20. The van der Waals surface area contributed by atoms with Crippen molar-refractivity contribution < 1.29 is 45.3 Å². The Balaban J connectivity index is 0.000000293. The van der Waals surface area contributed by atoms with Gasteiger partial charge in [0, 0.05) is 59.1 Å². The van der Waals surface area contributed by atoms with Gasteiger partial charge in [-0.1, -0.05) is 40.2 Å². The Kier molecular flexibility index (Phi) is 18.0. The molecule has 0 bridgehead atoms. The molecule has 0 aliphatic carbocycles. The summed E-state index contributed by atoms with van der Waals surface area (Å²) in [7, 11) is 0. The van der Waals surface area contributed by atoms with Gasteiger partial charge in [0.05, 0.1) is 11.1 Å². The zero-order chi connectivity index (χ0) is 38.2. The maximum Gasteiger partial charge on any atom is 0.416 e. The maximum absolute atomic E-state index is 12.8. The third-order valence-electron chi connectivity index (χ3n) is 6.97. The maximum atomic E-state index is 12.8. The third kappa shape index (κ3) is 14.9. The molecule has 0 amide bonds. The average molecular weight is 788 g/mol. The van der Waals surface area contributed by atoms with Gasteiger partial charge >= 0.3 is 12.4 Å². The number of rotatable bonds is 12. The van der Waals surface area contributed by atoms with Crippen molar-refractivity contribution >= 4 is 33.0 Å². The van der Waals surface area contributed by atoms with Crippen molar-refractivity contribution in [2.75, 3.05) is 37.5 Å². The SMILES string of the molecule is CCOC(OCC)c1ccc(Br)cc1C.CCOC(OCC)c1ccc(Nc2cccc(C(F)(F)F)c2)cc1C.Nc1cccc(C(F)(F)F)c1. The monoisotopic (exact) mass is 786 g/mol. The zero-order valence-electron chi connectivity index (χ0n) is 29.4. The molecule has 6 nitrogen and oxygen atoms in total. The predicted octanol–water partition coefficient (Wildman–Crippen LogP) is 11.9. The van der Waals surface area contributed by atoms with Crippen LogP contribution in [0.25, 0.3) is 0 Å². The van der Waals surface area contributed by atoms with Gasteiger partial charge in [0.2, 0.25) is 0 Å². The minimum atomic E-state index is -4.36. The van der Waals surface area contributed by atoms with Crippen LogP contribution in [-0.4, -0.2) is 26.4 Å². The van der Waals surface area contributed by atoms with Crippen molar-refractivity contribution in [3.05, 3.63) is 123 Å². The first-order valence-electron chi connectivity index (χ1n) is 16.2. The van der Waals surface area contributed by atoms with Crippen LogP contribution in [0.5, 0.6) is 0 Å². The van der Waals surface area contributed by atoms with E-state index in [0.29, 0.717) is 37.8 Å². The van der Waals surface area contributed by atoms with Gasteiger partial charge in [0.25, 0.3) is 0 Å². The van der Waals surface area contributed by atoms with E-state index in [0.717, 1.165) is 45.4 Å². The average Bonchev–Trinajstić information content (AvgIpc) is 3.05. The molecule has 0 aliphatic heterocycles. The number of hydrogen-bond donors (Lipinski definition) is 2. The summed E-state index contributed by atoms with van der Waals surface area (Å²) in [6.07, 6.45) is -9.35. The van der Waals surface area contributed by atoms with Gasteiger partial charge in [-0.25, -0.2) is 0 Å². The molecule has 0 fully saturated rings. The van der Waals surface area contributed by atoms with Gasteiger partial charge in [-0.2, -0.15) is 26.3 Å². The zero-order valence-corrected chi connectivity index (χ0v) is 31.0. The normalized spacial score (nSPS) is 11.5. The molecule has 0 saturated carbocycles. The van der Waals surface area contributed by atoms with Crippen LogP contribution in [0.3, 0.4) is 0 Å². The number of aryl methyl sites for hydroxylation is 2. The Morgan fingerprint density at radius 2 is 1.02 bits per heavy atom. The summed E-state index contributed by atoms with van der Waals surface area (Å²) in [6, 6.07) is 21.3. The number of benzene rings is 4. The summed E-state index contributed by atoms with van der Waals surface area (Å²) in [6.45, 7) is 14.1. The van der Waals surface area contributed by atoms with Crippen LogP contribution in [0.2, 0.25) is 0 Å². The molecule has 280 valence electrons. The van der Waals surface area contributed by atoms with Crippen molar-refractivity contribution in [2.45, 2.75) is 66.5 Å². The largest absolute Gasteiger partial charge is 0.416 e. The highest BCUT2D eigenvalue weighted by molar-refractivity contribution is 9.10. The Bertz CT molecular complexity index is 1620. The molecule has 0 aliphatic rings. The lowest BCUT2D eigenvalue weighted by Crippen LogP contribution is -2.10. The fourth-order valence-electron chi connectivity index (χ4n) is 4.64. The minimum Gasteiger partial charge on any atom is -0.399 e. The highest BCUT2D eigenvalue weighted by Gasteiger charge is 2.31. The van der Waals surface area contributed by atoms with Gasteiger partial charge in [-0.3, -0.25) is 0 Å². The summed E-state index contributed by atoms with van der Waals surface area (Å²) >= 11 is 3.44. The molecule has 13 heteroatoms. The topological polar surface area (TPSA) is 75.0 Å². The van der Waals surface area contributed by atoms with Crippen molar-refractivity contribution in [2.24, 2.45) is 0 Å². The van der Waals surface area contributed by atoms with E-state index in [9.17, 15) is 26.3 Å². The van der Waals surface area contributed by atoms with Gasteiger partial charge < -0.3 is 30.0 Å². The van der Waals surface area contributed by atoms with Crippen LogP contribution >= 0.6 is 15.9 Å². The van der Waals surface area contributed by atoms with Crippen LogP contribution in [0, 0.1) is 13.8 Å². The summed E-state index contributed by atoms with van der Waals surface area (Å²) in [5.41, 5.74) is 9.08. The van der Waals surface area contributed by atoms with E-state index in [1.807, 2.05) is 58.9 Å². The van der Waals surface area contributed by atoms with E-state index in [1.165, 1.54) is 23.8 Å². The number of hydrogen-bond acceptors (Lipinski definition) is 6. The van der Waals surface area contributed by atoms with Gasteiger partial charge in [-0.05, 0) is 113 Å². The van der Waals surface area contributed by atoms with Crippen molar-refractivity contribution in [3.8, 4) is 0 Å². The van der Waals surface area contributed by atoms with E-state index in [-0.39, 0.29) is 12.0 Å². The second kappa shape index (κ2) is 21.0. The van der Waals surface area contributed by atoms with Crippen molar-refractivity contribution in [3.63, 3.8) is 0 Å². The Morgan fingerprint density at radius 3 is 1.43 bits per heavy atom. The number of nitrogens with one attached hydrogen (secondary N) is 1. The molecular formula is C38H45BrF6N2O4. The Morgan fingerprint density at radius 1 is 0.588 bits per heavy atom. The Hall–Kier alpha value is -3.62. The van der Waals surface area contributed by atoms with E-state index in [4.69, 9.17) is 24.7 Å². The number of nitrogens with two attached hydrogens (primary N) is 1. The van der Waals surface area contributed by atoms with Crippen molar-refractivity contribution in [1.29, 1.82) is 0 Å². The molecule has 0 atom stereocenters. The molecule has 0 saturated heterocycles. The first-order valence-corrected chi connectivity index (χ1v) is 17.0. The smallest absolute Gasteiger partial charge is 0.399 e. The molecule has 0 radical (unpaired) electrons. The number of halogens is 7. The second-order valence-electron chi connectivity index (χ2n) is 10.9. The molecule has 51 heavy (non-hydrogen) atoms. The van der Waals surface area contributed by atoms with E-state index in [1.54, 1.807) is 12.1 Å². The number of nitrogen functional groups attached to an aromatic ring is 1. The fraction of sp³-hybridized carbons (Fsp3) is 0.368. The standard InChI is InChI=1S/C19H22F3NO2.C12H17BrO2.C7H6F3N/c1-4-24-18(25-5-2)17-10-9-16(11-13(17)3)23-15-8-6-7-14(12-15)19(20,21)22;1-4-14-12(15-5-2)11-7-6-10(13)8-9(11)3;8-7(9,10)5-2-1-3-6(11)4-5/h6-12,18,23H,4-5H2,1-3H3;6-8,12H,4-5H2,1-3H3;1-4H,11H2. The van der Waals surface area contributed by atoms with Gasteiger partial charge in [0.1, 0.15) is 0 Å². The first kappa shape index (κ1) is 43.5. The molecule has 0 aromatic heterocycles. The summed E-state index contributed by atoms with van der Waals surface area (Å²) in [4.78, 5) is 0. The summed E-state index contributed by atoms with van der Waals surface area (Å²) in [5.74, 6) is 0. The molecule has 4 aromatic rings. The molecule has 0 unspecified atom stereocenters. The van der Waals surface area contributed by atoms with Crippen molar-refractivity contribution in [1.82, 2.24) is 0 Å². The van der Waals surface area contributed by atoms with Crippen LogP contribution in [-0.2, 0) is 31.3 Å². The van der Waals surface area contributed by atoms with Crippen LogP contribution in [0.1, 0.15) is 73.7 Å². The number of anilines is 3. The predicted molar refractivity (Wildman–Crippen MR) is 193 cm³/mol. The van der Waals surface area contributed by atoms with E-state index >= 15 is 0 Å². The molecule has 3 N–H and O–H groups in total. The molecule has 0 spiro atoms. The quantitative estimate of drug-likeness (QED) is 0.0846. The third-order valence-corrected chi connectivity index (χ3v) is 7.47. The lowest BCUT2D eigenvalue weighted by molar-refractivity contribution is -0.140. The fourth-order valence-corrected chi connectivity index (χ4v) is 5.11. The Labute approximate surface area is 304 Å². The molecule has 4 rings (SSSR count). The minimum absolute atomic E-state index is 0.125.